The average molecular weight is 252 g/mol. The summed E-state index contributed by atoms with van der Waals surface area (Å²) in [5.74, 6) is 0. The number of para-hydroxylation sites is 1. The molecule has 0 saturated heterocycles. The quantitative estimate of drug-likeness (QED) is 0.462. The molecule has 17 heavy (non-hydrogen) atoms. The highest BCUT2D eigenvalue weighted by molar-refractivity contribution is 7.71. The Morgan fingerprint density at radius 1 is 1.12 bits per heavy atom. The lowest BCUT2D eigenvalue weighted by Gasteiger charge is -1.98. The molecule has 7 nitrogen and oxygen atoms in total. The van der Waals surface area contributed by atoms with Gasteiger partial charge in [0.1, 0.15) is 4.51 Å². The molecule has 8 heteroatoms. The Bertz CT molecular complexity index is 693. The molecule has 2 rings (SSSR count). The van der Waals surface area contributed by atoms with E-state index in [0.29, 0.717) is 0 Å². The molecule has 0 aliphatic heterocycles. The topological polar surface area (TPSA) is 99.4 Å². The largest absolute Gasteiger partial charge is 0.450 e. The average Bonchev–Trinajstić information content (AvgIpc) is 2.28. The van der Waals surface area contributed by atoms with E-state index in [1.54, 1.807) is 0 Å². The van der Waals surface area contributed by atoms with E-state index in [4.69, 9.17) is 16.6 Å². The van der Waals surface area contributed by atoms with Gasteiger partial charge in [-0.3, -0.25) is 20.2 Å². The van der Waals surface area contributed by atoms with Gasteiger partial charge in [-0.15, -0.1) is 0 Å². The smallest absolute Gasteiger partial charge is 0.322 e. The zero-order valence-electron chi connectivity index (χ0n) is 8.15. The third kappa shape index (κ3) is 1.74. The molecule has 0 aliphatic carbocycles. The molecule has 1 aromatic heterocycles. The predicted molar refractivity (Wildman–Crippen MR) is 60.4 cm³/mol. The lowest BCUT2D eigenvalue weighted by Crippen LogP contribution is -1.92. The van der Waals surface area contributed by atoms with Gasteiger partial charge in [0.2, 0.25) is 5.58 Å². The Balaban J connectivity index is 2.90. The van der Waals surface area contributed by atoms with E-state index in [-0.39, 0.29) is 26.9 Å². The second-order valence-corrected chi connectivity index (χ2v) is 3.53. The van der Waals surface area contributed by atoms with Crippen molar-refractivity contribution in [1.29, 1.82) is 0 Å². The molecule has 0 saturated carbocycles. The van der Waals surface area contributed by atoms with Crippen LogP contribution in [0.1, 0.15) is 0 Å². The van der Waals surface area contributed by atoms with Crippen molar-refractivity contribution in [3.63, 3.8) is 0 Å². The van der Waals surface area contributed by atoms with E-state index in [9.17, 15) is 20.2 Å². The molecule has 0 unspecified atom stereocenters. The van der Waals surface area contributed by atoms with Crippen LogP contribution in [0.25, 0.3) is 11.0 Å². The number of non-ortho nitro benzene ring substituents is 1. The van der Waals surface area contributed by atoms with E-state index in [1.165, 1.54) is 18.2 Å². The molecule has 0 radical (unpaired) electrons. The standard InChI is InChI=1S/C9H4N2O5S/c12-10(13)6-3-1-2-5-8(6)16-4-7(9(5)17)11(14)15/h1-4H. The van der Waals surface area contributed by atoms with Crippen molar-refractivity contribution in [2.24, 2.45) is 0 Å². The minimum absolute atomic E-state index is 0.0619. The van der Waals surface area contributed by atoms with Gasteiger partial charge in [-0.2, -0.15) is 0 Å². The molecule has 0 spiro atoms. The first-order valence-corrected chi connectivity index (χ1v) is 4.76. The molecule has 1 aromatic carbocycles. The van der Waals surface area contributed by atoms with E-state index >= 15 is 0 Å². The van der Waals surface area contributed by atoms with Crippen molar-refractivity contribution in [1.82, 2.24) is 0 Å². The van der Waals surface area contributed by atoms with E-state index in [0.717, 1.165) is 6.26 Å². The molecule has 0 fully saturated rings. The van der Waals surface area contributed by atoms with Crippen LogP contribution < -0.4 is 0 Å². The number of rotatable bonds is 2. The number of hydrogen-bond donors (Lipinski definition) is 0. The minimum Gasteiger partial charge on any atom is -0.450 e. The zero-order valence-corrected chi connectivity index (χ0v) is 8.97. The lowest BCUT2D eigenvalue weighted by molar-refractivity contribution is -0.386. The van der Waals surface area contributed by atoms with Crippen molar-refractivity contribution >= 4 is 34.6 Å². The highest BCUT2D eigenvalue weighted by atomic mass is 32.1. The number of hydrogen-bond acceptors (Lipinski definition) is 6. The normalized spacial score (nSPS) is 10.4. The second-order valence-electron chi connectivity index (χ2n) is 3.12. The van der Waals surface area contributed by atoms with Gasteiger partial charge in [0, 0.05) is 11.5 Å². The van der Waals surface area contributed by atoms with E-state index < -0.39 is 9.85 Å². The summed E-state index contributed by atoms with van der Waals surface area (Å²) in [6.45, 7) is 0. The third-order valence-corrected chi connectivity index (χ3v) is 2.58. The second kappa shape index (κ2) is 3.91. The van der Waals surface area contributed by atoms with Crippen molar-refractivity contribution in [3.05, 3.63) is 49.2 Å². The first-order valence-electron chi connectivity index (χ1n) is 4.35. The lowest BCUT2D eigenvalue weighted by atomic mass is 10.2. The van der Waals surface area contributed by atoms with Crippen LogP contribution in [0.2, 0.25) is 0 Å². The number of nitro benzene ring substituents is 1. The summed E-state index contributed by atoms with van der Waals surface area (Å²) in [5.41, 5.74) is -0.718. The number of nitrogens with zero attached hydrogens (tertiary/aromatic N) is 2. The van der Waals surface area contributed by atoms with Crippen LogP contribution in [0.3, 0.4) is 0 Å². The summed E-state index contributed by atoms with van der Waals surface area (Å²) in [5, 5.41) is 21.5. The van der Waals surface area contributed by atoms with Crippen LogP contribution in [0.15, 0.2) is 28.9 Å². The van der Waals surface area contributed by atoms with Crippen LogP contribution in [0.5, 0.6) is 0 Å². The summed E-state index contributed by atoms with van der Waals surface area (Å²) in [6, 6.07) is 4.09. The van der Waals surface area contributed by atoms with Gasteiger partial charge < -0.3 is 4.42 Å². The summed E-state index contributed by atoms with van der Waals surface area (Å²) < 4.78 is 4.86. The number of nitro groups is 2. The minimum atomic E-state index is -0.690. The van der Waals surface area contributed by atoms with Crippen molar-refractivity contribution in [2.45, 2.75) is 0 Å². The predicted octanol–water partition coefficient (Wildman–Crippen LogP) is 2.98. The molecule has 0 N–H and O–H groups in total. The Morgan fingerprint density at radius 3 is 2.35 bits per heavy atom. The summed E-state index contributed by atoms with van der Waals surface area (Å²) in [7, 11) is 0. The zero-order chi connectivity index (χ0) is 12.6. The summed E-state index contributed by atoms with van der Waals surface area (Å²) in [6.07, 6.45) is 0.817. The summed E-state index contributed by atoms with van der Waals surface area (Å²) in [4.78, 5) is 20.0. The van der Waals surface area contributed by atoms with Gasteiger partial charge in [-0.05, 0) is 6.07 Å². The first-order chi connectivity index (χ1) is 8.02. The molecule has 0 bridgehead atoms. The molecule has 0 atom stereocenters. The molecule has 2 aromatic rings. The van der Waals surface area contributed by atoms with Crippen molar-refractivity contribution < 1.29 is 14.3 Å². The van der Waals surface area contributed by atoms with Gasteiger partial charge in [-0.25, -0.2) is 0 Å². The Kier molecular flexibility index (Phi) is 2.56. The maximum atomic E-state index is 10.7. The van der Waals surface area contributed by atoms with E-state index in [2.05, 4.69) is 0 Å². The Morgan fingerprint density at radius 2 is 1.76 bits per heavy atom. The monoisotopic (exact) mass is 252 g/mol. The molecule has 0 aliphatic rings. The van der Waals surface area contributed by atoms with Gasteiger partial charge in [0.25, 0.3) is 0 Å². The van der Waals surface area contributed by atoms with Crippen LogP contribution in [0.4, 0.5) is 11.4 Å². The molecular formula is C9H4N2O5S. The van der Waals surface area contributed by atoms with Crippen molar-refractivity contribution in [3.8, 4) is 0 Å². The van der Waals surface area contributed by atoms with Gasteiger partial charge in [0.05, 0.1) is 9.85 Å². The fourth-order valence-corrected chi connectivity index (χ4v) is 1.69. The Labute approximate surface area is 98.6 Å². The maximum Gasteiger partial charge on any atom is 0.322 e. The van der Waals surface area contributed by atoms with Gasteiger partial charge in [0.15, 0.2) is 6.26 Å². The number of fused-ring (bicyclic) bond motifs is 1. The van der Waals surface area contributed by atoms with Gasteiger partial charge in [-0.1, -0.05) is 18.3 Å². The van der Waals surface area contributed by atoms with Crippen molar-refractivity contribution in [2.75, 3.05) is 0 Å². The highest BCUT2D eigenvalue weighted by Gasteiger charge is 2.19. The van der Waals surface area contributed by atoms with Crippen LogP contribution in [-0.2, 0) is 0 Å². The van der Waals surface area contributed by atoms with Crippen LogP contribution >= 0.6 is 12.2 Å². The molecule has 0 amide bonds. The fourth-order valence-electron chi connectivity index (χ4n) is 1.40. The molecule has 1 heterocycles. The van der Waals surface area contributed by atoms with Crippen LogP contribution in [0, 0.1) is 24.7 Å². The van der Waals surface area contributed by atoms with Crippen LogP contribution in [-0.4, -0.2) is 9.85 Å². The molecule has 86 valence electrons. The third-order valence-electron chi connectivity index (χ3n) is 2.15. The maximum absolute atomic E-state index is 10.7. The number of benzene rings is 1. The van der Waals surface area contributed by atoms with E-state index in [1.807, 2.05) is 0 Å². The van der Waals surface area contributed by atoms with Gasteiger partial charge >= 0.3 is 11.4 Å². The highest BCUT2D eigenvalue weighted by Crippen LogP contribution is 2.29. The SMILES string of the molecule is O=[N+]([O-])c1coc2c([N+](=O)[O-])cccc2c1=S. The summed E-state index contributed by atoms with van der Waals surface area (Å²) >= 11 is 4.89. The molecular weight excluding hydrogens is 248 g/mol. The fraction of sp³-hybridized carbons (Fsp3) is 0. The first kappa shape index (κ1) is 11.1. The Hall–Kier alpha value is -2.35.